The summed E-state index contributed by atoms with van der Waals surface area (Å²) in [7, 11) is 3.46. The average molecular weight is 371 g/mol. The van der Waals surface area contributed by atoms with Crippen molar-refractivity contribution in [3.8, 4) is 5.95 Å². The van der Waals surface area contributed by atoms with E-state index >= 15 is 0 Å². The largest absolute Gasteiger partial charge is 0.348 e. The molecule has 0 saturated carbocycles. The van der Waals surface area contributed by atoms with Gasteiger partial charge in [0.05, 0.1) is 5.69 Å². The first-order valence-electron chi connectivity index (χ1n) is 8.05. The second kappa shape index (κ2) is 7.20. The molecule has 9 heteroatoms. The van der Waals surface area contributed by atoms with Crippen molar-refractivity contribution in [1.29, 1.82) is 0 Å². The van der Waals surface area contributed by atoms with Crippen molar-refractivity contribution in [3.63, 3.8) is 0 Å². The summed E-state index contributed by atoms with van der Waals surface area (Å²) in [5.74, 6) is 6.56. The molecule has 1 aromatic carbocycles. The van der Waals surface area contributed by atoms with Crippen molar-refractivity contribution >= 4 is 17.7 Å². The molecule has 136 valence electrons. The zero-order valence-electron chi connectivity index (χ0n) is 15.1. The highest BCUT2D eigenvalue weighted by molar-refractivity contribution is 8.00. The third-order valence-electron chi connectivity index (χ3n) is 3.84. The van der Waals surface area contributed by atoms with Crippen LogP contribution in [-0.4, -0.2) is 49.6 Å². The van der Waals surface area contributed by atoms with Crippen molar-refractivity contribution in [3.05, 3.63) is 53.3 Å². The smallest absolute Gasteiger partial charge is 0.271 e. The molecule has 8 nitrogen and oxygen atoms in total. The molecule has 1 amide bonds. The first-order chi connectivity index (χ1) is 12.4. The lowest BCUT2D eigenvalue weighted by Crippen LogP contribution is -2.27. The molecule has 0 fully saturated rings. The van der Waals surface area contributed by atoms with Gasteiger partial charge in [-0.1, -0.05) is 42.1 Å². The Balaban J connectivity index is 1.95. The van der Waals surface area contributed by atoms with Gasteiger partial charge in [0.15, 0.2) is 0 Å². The number of aromatic nitrogens is 5. The number of thioether (sulfide) groups is 1. The van der Waals surface area contributed by atoms with Crippen LogP contribution in [0.25, 0.3) is 5.95 Å². The van der Waals surface area contributed by atoms with Gasteiger partial charge in [0, 0.05) is 19.8 Å². The minimum Gasteiger partial charge on any atom is -0.348 e. The van der Waals surface area contributed by atoms with E-state index in [4.69, 9.17) is 5.84 Å². The van der Waals surface area contributed by atoms with Gasteiger partial charge in [-0.25, -0.2) is 9.36 Å². The number of amides is 1. The number of carbonyl (C=O) groups excluding carboxylic acids is 1. The summed E-state index contributed by atoms with van der Waals surface area (Å²) in [5, 5.41) is 12.7. The van der Waals surface area contributed by atoms with E-state index in [0.717, 1.165) is 17.0 Å². The monoisotopic (exact) mass is 371 g/mol. The van der Waals surface area contributed by atoms with E-state index in [1.807, 2.05) is 50.2 Å². The number of nitrogen functional groups attached to an aromatic ring is 1. The molecule has 0 radical (unpaired) electrons. The van der Waals surface area contributed by atoms with Crippen molar-refractivity contribution in [2.24, 2.45) is 0 Å². The van der Waals surface area contributed by atoms with Gasteiger partial charge >= 0.3 is 0 Å². The summed E-state index contributed by atoms with van der Waals surface area (Å²) in [4.78, 5) is 14.2. The lowest BCUT2D eigenvalue weighted by Gasteiger charge is -2.20. The number of likely N-dealkylation sites (N-methyl/N-ethyl adjacent to an activating group) is 1. The Labute approximate surface area is 156 Å². The van der Waals surface area contributed by atoms with Crippen LogP contribution in [0.2, 0.25) is 0 Å². The van der Waals surface area contributed by atoms with Crippen LogP contribution < -0.4 is 5.84 Å². The minimum absolute atomic E-state index is 0.0446. The van der Waals surface area contributed by atoms with E-state index in [-0.39, 0.29) is 5.91 Å². The predicted molar refractivity (Wildman–Crippen MR) is 101 cm³/mol. The zero-order valence-corrected chi connectivity index (χ0v) is 15.9. The van der Waals surface area contributed by atoms with Crippen LogP contribution in [0.3, 0.4) is 0 Å². The molecular weight excluding hydrogens is 350 g/mol. The Morgan fingerprint density at radius 3 is 2.46 bits per heavy atom. The number of nitrogens with two attached hydrogens (primary N) is 1. The summed E-state index contributed by atoms with van der Waals surface area (Å²) in [6, 6.07) is 11.5. The first kappa shape index (κ1) is 18.0. The highest BCUT2D eigenvalue weighted by Crippen LogP contribution is 2.35. The third-order valence-corrected chi connectivity index (χ3v) is 5.03. The van der Waals surface area contributed by atoms with Gasteiger partial charge in [-0.05, 0) is 25.5 Å². The summed E-state index contributed by atoms with van der Waals surface area (Å²) in [6.45, 7) is 3.82. The Morgan fingerprint density at radius 1 is 1.19 bits per heavy atom. The number of carbonyl (C=O) groups is 1. The summed E-state index contributed by atoms with van der Waals surface area (Å²) >= 11 is 1.27. The molecule has 2 N–H and O–H groups in total. The molecule has 0 bridgehead atoms. The van der Waals surface area contributed by atoms with Gasteiger partial charge in [-0.3, -0.25) is 4.79 Å². The molecule has 1 atom stereocenters. The van der Waals surface area contributed by atoms with Gasteiger partial charge in [0.1, 0.15) is 5.25 Å². The molecule has 0 aliphatic carbocycles. The molecule has 2 heterocycles. The molecular formula is C17H21N7OS. The Bertz CT molecular complexity index is 917. The summed E-state index contributed by atoms with van der Waals surface area (Å²) < 4.78 is 3.00. The molecule has 3 aromatic rings. The van der Waals surface area contributed by atoms with Crippen LogP contribution >= 0.6 is 11.8 Å². The standard InChI is InChI=1S/C17H21N7OS/c1-11-10-12(2)24(21-11)16-19-20-17(23(16)18)26-14(15(25)22(3)4)13-8-6-5-7-9-13/h5-10,14H,18H2,1-4H3/t14-/m1/s1. The average Bonchev–Trinajstić information content (AvgIpc) is 3.14. The molecule has 0 unspecified atom stereocenters. The van der Waals surface area contributed by atoms with E-state index in [0.29, 0.717) is 11.1 Å². The third kappa shape index (κ3) is 3.43. The van der Waals surface area contributed by atoms with Crippen LogP contribution in [0.4, 0.5) is 0 Å². The summed E-state index contributed by atoms with van der Waals surface area (Å²) in [6.07, 6.45) is 0. The zero-order chi connectivity index (χ0) is 18.8. The van der Waals surface area contributed by atoms with Crippen LogP contribution in [0, 0.1) is 13.8 Å². The van der Waals surface area contributed by atoms with E-state index in [1.54, 1.807) is 23.7 Å². The van der Waals surface area contributed by atoms with E-state index in [2.05, 4.69) is 15.3 Å². The maximum Gasteiger partial charge on any atom is 0.271 e. The number of hydrogen-bond acceptors (Lipinski definition) is 6. The number of rotatable bonds is 5. The summed E-state index contributed by atoms with van der Waals surface area (Å²) in [5.41, 5.74) is 2.65. The molecule has 2 aromatic heterocycles. The molecule has 0 spiro atoms. The fourth-order valence-electron chi connectivity index (χ4n) is 2.55. The molecule has 0 saturated heterocycles. The van der Waals surface area contributed by atoms with Crippen LogP contribution in [-0.2, 0) is 4.79 Å². The first-order valence-corrected chi connectivity index (χ1v) is 8.93. The van der Waals surface area contributed by atoms with E-state index < -0.39 is 5.25 Å². The molecule has 26 heavy (non-hydrogen) atoms. The SMILES string of the molecule is Cc1cc(C)n(-c2nnc(S[C@@H](C(=O)N(C)C)c3ccccc3)n2N)n1. The van der Waals surface area contributed by atoms with Gasteiger partial charge in [-0.2, -0.15) is 5.10 Å². The predicted octanol–water partition coefficient (Wildman–Crippen LogP) is 1.72. The maximum absolute atomic E-state index is 12.7. The van der Waals surface area contributed by atoms with Crippen molar-refractivity contribution < 1.29 is 4.79 Å². The number of aryl methyl sites for hydroxylation is 2. The van der Waals surface area contributed by atoms with Crippen molar-refractivity contribution in [2.45, 2.75) is 24.3 Å². The van der Waals surface area contributed by atoms with Gasteiger partial charge in [0.25, 0.3) is 5.95 Å². The van der Waals surface area contributed by atoms with Crippen LogP contribution in [0.5, 0.6) is 0 Å². The van der Waals surface area contributed by atoms with E-state index in [1.165, 1.54) is 16.4 Å². The van der Waals surface area contributed by atoms with Gasteiger partial charge in [-0.15, -0.1) is 10.2 Å². The lowest BCUT2D eigenvalue weighted by molar-refractivity contribution is -0.128. The maximum atomic E-state index is 12.7. The second-order valence-electron chi connectivity index (χ2n) is 6.13. The van der Waals surface area contributed by atoms with Crippen molar-refractivity contribution in [2.75, 3.05) is 19.9 Å². The lowest BCUT2D eigenvalue weighted by atomic mass is 10.1. The Morgan fingerprint density at radius 2 is 1.88 bits per heavy atom. The quantitative estimate of drug-likeness (QED) is 0.542. The minimum atomic E-state index is -0.467. The Hall–Kier alpha value is -2.81. The fraction of sp³-hybridized carbons (Fsp3) is 0.294. The Kier molecular flexibility index (Phi) is 4.99. The highest BCUT2D eigenvalue weighted by atomic mass is 32.2. The van der Waals surface area contributed by atoms with Gasteiger partial charge in [0.2, 0.25) is 11.1 Å². The van der Waals surface area contributed by atoms with Crippen LogP contribution in [0.15, 0.2) is 41.6 Å². The molecule has 0 aliphatic heterocycles. The normalized spacial score (nSPS) is 12.2. The van der Waals surface area contributed by atoms with Gasteiger partial charge < -0.3 is 10.7 Å². The number of benzene rings is 1. The van der Waals surface area contributed by atoms with Crippen LogP contribution in [0.1, 0.15) is 22.2 Å². The molecule has 3 rings (SSSR count). The van der Waals surface area contributed by atoms with Crippen molar-refractivity contribution in [1.82, 2.24) is 29.6 Å². The topological polar surface area (TPSA) is 94.9 Å². The van der Waals surface area contributed by atoms with E-state index in [9.17, 15) is 4.79 Å². The fourth-order valence-corrected chi connectivity index (χ4v) is 3.65. The number of hydrogen-bond donors (Lipinski definition) is 1. The second-order valence-corrected chi connectivity index (χ2v) is 7.20. The number of nitrogens with zero attached hydrogens (tertiary/aromatic N) is 6. The molecule has 0 aliphatic rings. The highest BCUT2D eigenvalue weighted by Gasteiger charge is 2.27.